The number of fused-ring (bicyclic) bond motifs is 3. The smallest absolute Gasteiger partial charge is 0.319 e. The van der Waals surface area contributed by atoms with Crippen molar-refractivity contribution in [3.05, 3.63) is 53.9 Å². The lowest BCUT2D eigenvalue weighted by Gasteiger charge is -2.37. The van der Waals surface area contributed by atoms with Gasteiger partial charge in [0.25, 0.3) is 0 Å². The van der Waals surface area contributed by atoms with Gasteiger partial charge in [-0.2, -0.15) is 0 Å². The number of aliphatic hydroxyl groups excluding tert-OH is 1. The summed E-state index contributed by atoms with van der Waals surface area (Å²) < 4.78 is 12.2. The van der Waals surface area contributed by atoms with Gasteiger partial charge < -0.3 is 30.5 Å². The van der Waals surface area contributed by atoms with Gasteiger partial charge >= 0.3 is 6.03 Å². The SMILES string of the molecule is O=C(C[C@@H]1C[C@@H]2c3cc(NC(=O)NC4CCCCC4)ccc3O[C@@H]2[C@@H](CO)O1)NCc1ccccn1. The van der Waals surface area contributed by atoms with Crippen molar-refractivity contribution in [3.63, 3.8) is 0 Å². The number of hydrogen-bond donors (Lipinski definition) is 4. The summed E-state index contributed by atoms with van der Waals surface area (Å²) in [4.78, 5) is 29.4. The molecule has 0 spiro atoms. The number of ether oxygens (including phenoxy) is 2. The van der Waals surface area contributed by atoms with Gasteiger partial charge in [0.2, 0.25) is 5.91 Å². The van der Waals surface area contributed by atoms with Crippen molar-refractivity contribution in [1.29, 1.82) is 0 Å². The van der Waals surface area contributed by atoms with Crippen LogP contribution in [0.2, 0.25) is 0 Å². The molecule has 9 heteroatoms. The number of anilines is 1. The normalized spacial score (nSPS) is 25.2. The van der Waals surface area contributed by atoms with Crippen LogP contribution in [0.1, 0.15) is 62.1 Å². The predicted molar refractivity (Wildman–Crippen MR) is 134 cm³/mol. The summed E-state index contributed by atoms with van der Waals surface area (Å²) in [6.45, 7) is 0.155. The van der Waals surface area contributed by atoms with E-state index in [2.05, 4.69) is 20.9 Å². The van der Waals surface area contributed by atoms with E-state index in [1.807, 2.05) is 36.4 Å². The fourth-order valence-corrected chi connectivity index (χ4v) is 5.54. The fraction of sp³-hybridized carbons (Fsp3) is 0.519. The predicted octanol–water partition coefficient (Wildman–Crippen LogP) is 3.24. The maximum Gasteiger partial charge on any atom is 0.319 e. The first kappa shape index (κ1) is 24.5. The lowest BCUT2D eigenvalue weighted by Crippen LogP contribution is -2.47. The zero-order valence-electron chi connectivity index (χ0n) is 20.3. The number of hydrogen-bond acceptors (Lipinski definition) is 6. The monoisotopic (exact) mass is 494 g/mol. The molecule has 3 amide bonds. The molecule has 1 saturated heterocycles. The molecule has 0 unspecified atom stereocenters. The van der Waals surface area contributed by atoms with Crippen molar-refractivity contribution in [2.45, 2.75) is 81.8 Å². The number of benzene rings is 1. The second kappa shape index (κ2) is 11.3. The molecule has 1 aliphatic carbocycles. The number of nitrogens with zero attached hydrogens (tertiary/aromatic N) is 1. The third kappa shape index (κ3) is 5.79. The molecule has 1 aromatic carbocycles. The third-order valence-electron chi connectivity index (χ3n) is 7.30. The minimum Gasteiger partial charge on any atom is -0.487 e. The van der Waals surface area contributed by atoms with Gasteiger partial charge in [-0.3, -0.25) is 9.78 Å². The van der Waals surface area contributed by atoms with Crippen LogP contribution in [0.3, 0.4) is 0 Å². The molecule has 0 bridgehead atoms. The maximum absolute atomic E-state index is 12.6. The number of carbonyl (C=O) groups excluding carboxylic acids is 2. The van der Waals surface area contributed by atoms with Crippen LogP contribution >= 0.6 is 0 Å². The number of nitrogens with one attached hydrogen (secondary N) is 3. The van der Waals surface area contributed by atoms with E-state index >= 15 is 0 Å². The van der Waals surface area contributed by atoms with E-state index in [4.69, 9.17) is 9.47 Å². The molecular weight excluding hydrogens is 460 g/mol. The quantitative estimate of drug-likeness (QED) is 0.469. The van der Waals surface area contributed by atoms with Crippen molar-refractivity contribution in [1.82, 2.24) is 15.6 Å². The Morgan fingerprint density at radius 3 is 2.75 bits per heavy atom. The zero-order chi connectivity index (χ0) is 24.9. The molecule has 9 nitrogen and oxygen atoms in total. The van der Waals surface area contributed by atoms with Crippen LogP contribution in [0, 0.1) is 0 Å². The number of amides is 3. The van der Waals surface area contributed by atoms with E-state index in [9.17, 15) is 14.7 Å². The summed E-state index contributed by atoms with van der Waals surface area (Å²) in [5, 5.41) is 18.9. The molecule has 192 valence electrons. The lowest BCUT2D eigenvalue weighted by atomic mass is 9.84. The third-order valence-corrected chi connectivity index (χ3v) is 7.30. The van der Waals surface area contributed by atoms with Gasteiger partial charge in [-0.05, 0) is 49.6 Å². The second-order valence-electron chi connectivity index (χ2n) is 9.89. The lowest BCUT2D eigenvalue weighted by molar-refractivity contribution is -0.142. The largest absolute Gasteiger partial charge is 0.487 e. The molecule has 1 saturated carbocycles. The minimum absolute atomic E-state index is 0.0392. The first-order valence-corrected chi connectivity index (χ1v) is 12.9. The van der Waals surface area contributed by atoms with Crippen molar-refractivity contribution >= 4 is 17.6 Å². The van der Waals surface area contributed by atoms with Crippen molar-refractivity contribution in [2.75, 3.05) is 11.9 Å². The summed E-state index contributed by atoms with van der Waals surface area (Å²) in [6.07, 6.45) is 6.83. The molecule has 5 rings (SSSR count). The van der Waals surface area contributed by atoms with Crippen molar-refractivity contribution < 1.29 is 24.2 Å². The molecule has 36 heavy (non-hydrogen) atoms. The average Bonchev–Trinajstić information content (AvgIpc) is 3.26. The highest BCUT2D eigenvalue weighted by molar-refractivity contribution is 5.89. The highest BCUT2D eigenvalue weighted by atomic mass is 16.6. The standard InChI is InChI=1S/C27H34N4O5/c32-16-24-26-22(13-20(35-24)14-25(33)29-15-19-8-4-5-11-28-19)21-12-18(9-10-23(21)36-26)31-27(34)30-17-6-2-1-3-7-17/h4-5,8-12,17,20,22,24,26,32H,1-3,6-7,13-16H2,(H,29,33)(H2,30,31,34)/t20-,22+,24+,26-/m0/s1. The highest BCUT2D eigenvalue weighted by Gasteiger charge is 2.46. The second-order valence-corrected chi connectivity index (χ2v) is 9.89. The Bertz CT molecular complexity index is 1060. The Morgan fingerprint density at radius 2 is 1.97 bits per heavy atom. The summed E-state index contributed by atoms with van der Waals surface area (Å²) in [5.74, 6) is 0.558. The van der Waals surface area contributed by atoms with Crippen LogP contribution in [0.25, 0.3) is 0 Å². The van der Waals surface area contributed by atoms with Gasteiger partial charge in [-0.15, -0.1) is 0 Å². The van der Waals surface area contributed by atoms with Crippen LogP contribution < -0.4 is 20.7 Å². The minimum atomic E-state index is -0.532. The summed E-state index contributed by atoms with van der Waals surface area (Å²) in [6, 6.07) is 11.2. The molecule has 4 N–H and O–H groups in total. The zero-order valence-corrected chi connectivity index (χ0v) is 20.3. The molecular formula is C27H34N4O5. The Morgan fingerprint density at radius 1 is 1.11 bits per heavy atom. The summed E-state index contributed by atoms with van der Waals surface area (Å²) >= 11 is 0. The number of pyridine rings is 1. The fourth-order valence-electron chi connectivity index (χ4n) is 5.54. The molecule has 2 fully saturated rings. The van der Waals surface area contributed by atoms with Gasteiger partial charge in [0.15, 0.2) is 0 Å². The Kier molecular flexibility index (Phi) is 7.67. The van der Waals surface area contributed by atoms with Crippen LogP contribution in [0.15, 0.2) is 42.6 Å². The Balaban J connectivity index is 1.21. The van der Waals surface area contributed by atoms with E-state index in [0.717, 1.165) is 42.7 Å². The molecule has 1 aromatic heterocycles. The van der Waals surface area contributed by atoms with Gasteiger partial charge in [0.1, 0.15) is 18.0 Å². The van der Waals surface area contributed by atoms with E-state index in [1.165, 1.54) is 6.42 Å². The van der Waals surface area contributed by atoms with Crippen LogP contribution in [-0.4, -0.2) is 53.0 Å². The van der Waals surface area contributed by atoms with Gasteiger partial charge in [-0.1, -0.05) is 25.3 Å². The molecule has 2 aromatic rings. The number of aromatic nitrogens is 1. The van der Waals surface area contributed by atoms with E-state index < -0.39 is 6.10 Å². The Labute approximate surface area is 211 Å². The van der Waals surface area contributed by atoms with Gasteiger partial charge in [0, 0.05) is 29.4 Å². The molecule has 3 aliphatic rings. The molecule has 3 heterocycles. The van der Waals surface area contributed by atoms with E-state index in [-0.39, 0.29) is 49.1 Å². The van der Waals surface area contributed by atoms with Crippen LogP contribution in [-0.2, 0) is 16.1 Å². The van der Waals surface area contributed by atoms with Crippen LogP contribution in [0.5, 0.6) is 5.75 Å². The van der Waals surface area contributed by atoms with E-state index in [0.29, 0.717) is 18.7 Å². The number of carbonyl (C=O) groups is 2. The molecule has 0 radical (unpaired) electrons. The van der Waals surface area contributed by atoms with Gasteiger partial charge in [0.05, 0.1) is 31.4 Å². The van der Waals surface area contributed by atoms with Gasteiger partial charge in [-0.25, -0.2) is 4.79 Å². The first-order chi connectivity index (χ1) is 17.6. The average molecular weight is 495 g/mol. The number of rotatable bonds is 7. The first-order valence-electron chi connectivity index (χ1n) is 12.9. The topological polar surface area (TPSA) is 122 Å². The number of urea groups is 1. The Hall–Kier alpha value is -3.17. The van der Waals surface area contributed by atoms with Crippen molar-refractivity contribution in [2.24, 2.45) is 0 Å². The van der Waals surface area contributed by atoms with E-state index in [1.54, 1.807) is 6.20 Å². The summed E-state index contributed by atoms with van der Waals surface area (Å²) in [7, 11) is 0. The number of aliphatic hydroxyl groups is 1. The highest BCUT2D eigenvalue weighted by Crippen LogP contribution is 2.47. The van der Waals surface area contributed by atoms with Crippen molar-refractivity contribution in [3.8, 4) is 5.75 Å². The van der Waals surface area contributed by atoms with Crippen LogP contribution in [0.4, 0.5) is 10.5 Å². The summed E-state index contributed by atoms with van der Waals surface area (Å²) in [5.41, 5.74) is 2.45. The molecule has 2 aliphatic heterocycles. The maximum atomic E-state index is 12.6. The molecule has 4 atom stereocenters.